The molecule has 4 saturated carbocycles. The molecule has 4 fully saturated rings. The monoisotopic (exact) mass is 248 g/mol. The van der Waals surface area contributed by atoms with Crippen molar-refractivity contribution in [3.63, 3.8) is 0 Å². The molecule has 92 valence electrons. The first-order valence-electron chi connectivity index (χ1n) is 6.93. The molecule has 1 heterocycles. The van der Waals surface area contributed by atoms with Gasteiger partial charge in [-0.15, -0.1) is 11.3 Å². The standard InChI is InChI=1S/C14H20N2S/c1-7-13(17-14(15)16-7)12-10-3-8-2-9(5-10)6-11(12)4-8/h8-12H,2-6H2,1H3,(H2,15,16). The summed E-state index contributed by atoms with van der Waals surface area (Å²) in [6.07, 6.45) is 7.46. The summed E-state index contributed by atoms with van der Waals surface area (Å²) in [4.78, 5) is 5.96. The van der Waals surface area contributed by atoms with Crippen molar-refractivity contribution in [2.45, 2.75) is 44.9 Å². The molecular formula is C14H20N2S. The van der Waals surface area contributed by atoms with E-state index >= 15 is 0 Å². The third kappa shape index (κ3) is 1.48. The largest absolute Gasteiger partial charge is 0.375 e. The Morgan fingerprint density at radius 2 is 1.65 bits per heavy atom. The number of nitrogen functional groups attached to an aromatic ring is 1. The van der Waals surface area contributed by atoms with Crippen LogP contribution in [0.15, 0.2) is 0 Å². The summed E-state index contributed by atoms with van der Waals surface area (Å²) in [6, 6.07) is 0. The molecule has 2 N–H and O–H groups in total. The van der Waals surface area contributed by atoms with Gasteiger partial charge < -0.3 is 5.73 Å². The number of anilines is 1. The quantitative estimate of drug-likeness (QED) is 0.825. The molecule has 0 aliphatic heterocycles. The van der Waals surface area contributed by atoms with Crippen LogP contribution in [-0.4, -0.2) is 4.98 Å². The summed E-state index contributed by atoms with van der Waals surface area (Å²) in [6.45, 7) is 2.15. The fourth-order valence-electron chi connectivity index (χ4n) is 5.09. The Bertz CT molecular complexity index is 423. The van der Waals surface area contributed by atoms with Crippen LogP contribution in [0.5, 0.6) is 0 Å². The van der Waals surface area contributed by atoms with E-state index in [4.69, 9.17) is 5.73 Å². The predicted octanol–water partition coefficient (Wildman–Crippen LogP) is 3.57. The molecule has 0 atom stereocenters. The molecule has 3 heteroatoms. The highest BCUT2D eigenvalue weighted by atomic mass is 32.1. The number of rotatable bonds is 1. The van der Waals surface area contributed by atoms with Crippen LogP contribution in [-0.2, 0) is 0 Å². The number of nitrogens with two attached hydrogens (primary N) is 1. The minimum Gasteiger partial charge on any atom is -0.375 e. The summed E-state index contributed by atoms with van der Waals surface area (Å²) >= 11 is 1.76. The molecule has 4 aliphatic rings. The maximum atomic E-state index is 5.88. The van der Waals surface area contributed by atoms with Crippen molar-refractivity contribution < 1.29 is 0 Å². The zero-order chi connectivity index (χ0) is 11.6. The molecular weight excluding hydrogens is 228 g/mol. The zero-order valence-corrected chi connectivity index (χ0v) is 11.2. The molecule has 0 aromatic carbocycles. The van der Waals surface area contributed by atoms with E-state index in [0.717, 1.165) is 34.7 Å². The third-order valence-corrected chi connectivity index (χ3v) is 6.47. The van der Waals surface area contributed by atoms with Gasteiger partial charge >= 0.3 is 0 Å². The highest BCUT2D eigenvalue weighted by Crippen LogP contribution is 2.60. The number of aromatic nitrogens is 1. The number of hydrogen-bond donors (Lipinski definition) is 1. The van der Waals surface area contributed by atoms with E-state index in [9.17, 15) is 0 Å². The van der Waals surface area contributed by atoms with Crippen LogP contribution in [0.25, 0.3) is 0 Å². The minimum atomic E-state index is 0.770. The van der Waals surface area contributed by atoms with Gasteiger partial charge in [-0.3, -0.25) is 0 Å². The van der Waals surface area contributed by atoms with E-state index in [1.165, 1.54) is 42.7 Å². The second-order valence-electron chi connectivity index (χ2n) is 6.46. The van der Waals surface area contributed by atoms with E-state index in [1.807, 2.05) is 0 Å². The average Bonchev–Trinajstić information content (AvgIpc) is 2.56. The normalized spacial score (nSPS) is 43.2. The summed E-state index contributed by atoms with van der Waals surface area (Å²) in [5.41, 5.74) is 7.09. The van der Waals surface area contributed by atoms with E-state index in [0.29, 0.717) is 0 Å². The Kier molecular flexibility index (Phi) is 2.11. The first kappa shape index (κ1) is 10.4. The number of nitrogens with zero attached hydrogens (tertiary/aromatic N) is 1. The lowest BCUT2D eigenvalue weighted by Gasteiger charge is -2.54. The van der Waals surface area contributed by atoms with Crippen LogP contribution < -0.4 is 5.73 Å². The Morgan fingerprint density at radius 1 is 1.06 bits per heavy atom. The van der Waals surface area contributed by atoms with Gasteiger partial charge in [0.25, 0.3) is 0 Å². The van der Waals surface area contributed by atoms with Crippen molar-refractivity contribution in [3.8, 4) is 0 Å². The highest BCUT2D eigenvalue weighted by molar-refractivity contribution is 7.15. The number of hydrogen-bond acceptors (Lipinski definition) is 3. The van der Waals surface area contributed by atoms with Crippen LogP contribution in [0.3, 0.4) is 0 Å². The van der Waals surface area contributed by atoms with Gasteiger partial charge in [-0.1, -0.05) is 0 Å². The van der Waals surface area contributed by atoms with Crippen LogP contribution in [0.2, 0.25) is 0 Å². The van der Waals surface area contributed by atoms with Crippen molar-refractivity contribution in [1.29, 1.82) is 0 Å². The molecule has 0 unspecified atom stereocenters. The van der Waals surface area contributed by atoms with Crippen molar-refractivity contribution in [1.82, 2.24) is 4.98 Å². The second-order valence-corrected chi connectivity index (χ2v) is 7.52. The molecule has 4 bridgehead atoms. The van der Waals surface area contributed by atoms with Gasteiger partial charge in [0.15, 0.2) is 5.13 Å². The first-order chi connectivity index (χ1) is 8.20. The van der Waals surface area contributed by atoms with Gasteiger partial charge in [0.2, 0.25) is 0 Å². The van der Waals surface area contributed by atoms with Gasteiger partial charge in [-0.05, 0) is 62.7 Å². The van der Waals surface area contributed by atoms with Crippen LogP contribution in [0.4, 0.5) is 5.13 Å². The lowest BCUT2D eigenvalue weighted by Crippen LogP contribution is -2.43. The van der Waals surface area contributed by atoms with Crippen LogP contribution in [0.1, 0.15) is 48.6 Å². The molecule has 1 aromatic heterocycles. The third-order valence-electron chi connectivity index (χ3n) is 5.38. The summed E-state index contributed by atoms with van der Waals surface area (Å²) < 4.78 is 0. The lowest BCUT2D eigenvalue weighted by molar-refractivity contribution is -0.00186. The van der Waals surface area contributed by atoms with E-state index in [2.05, 4.69) is 11.9 Å². The van der Waals surface area contributed by atoms with E-state index in [-0.39, 0.29) is 0 Å². The van der Waals surface area contributed by atoms with Crippen molar-refractivity contribution in [3.05, 3.63) is 10.6 Å². The fourth-order valence-corrected chi connectivity index (χ4v) is 6.21. The highest BCUT2D eigenvalue weighted by Gasteiger charge is 2.49. The van der Waals surface area contributed by atoms with Gasteiger partial charge in [0.1, 0.15) is 0 Å². The fraction of sp³-hybridized carbons (Fsp3) is 0.786. The van der Waals surface area contributed by atoms with Gasteiger partial charge in [-0.25, -0.2) is 4.98 Å². The van der Waals surface area contributed by atoms with Crippen LogP contribution >= 0.6 is 11.3 Å². The Morgan fingerprint density at radius 3 is 2.12 bits per heavy atom. The number of aryl methyl sites for hydroxylation is 1. The Balaban J connectivity index is 1.72. The van der Waals surface area contributed by atoms with Gasteiger partial charge in [0, 0.05) is 10.8 Å². The molecule has 5 rings (SSSR count). The van der Waals surface area contributed by atoms with Gasteiger partial charge in [-0.2, -0.15) is 0 Å². The molecule has 0 saturated heterocycles. The molecule has 0 amide bonds. The Hall–Kier alpha value is -0.570. The molecule has 1 aromatic rings. The average molecular weight is 248 g/mol. The first-order valence-corrected chi connectivity index (χ1v) is 7.75. The summed E-state index contributed by atoms with van der Waals surface area (Å²) in [7, 11) is 0. The number of thiazole rings is 1. The SMILES string of the molecule is Cc1nc(N)sc1C1C2CC3CC(C2)CC1C3. The van der Waals surface area contributed by atoms with Crippen molar-refractivity contribution in [2.75, 3.05) is 5.73 Å². The molecule has 17 heavy (non-hydrogen) atoms. The van der Waals surface area contributed by atoms with Crippen molar-refractivity contribution in [2.24, 2.45) is 23.7 Å². The van der Waals surface area contributed by atoms with Crippen LogP contribution in [0, 0.1) is 30.6 Å². The zero-order valence-electron chi connectivity index (χ0n) is 10.4. The van der Waals surface area contributed by atoms with Gasteiger partial charge in [0.05, 0.1) is 5.69 Å². The topological polar surface area (TPSA) is 38.9 Å². The van der Waals surface area contributed by atoms with E-state index in [1.54, 1.807) is 11.3 Å². The predicted molar refractivity (Wildman–Crippen MR) is 71.0 cm³/mol. The van der Waals surface area contributed by atoms with E-state index < -0.39 is 0 Å². The van der Waals surface area contributed by atoms with Crippen molar-refractivity contribution >= 4 is 16.5 Å². The summed E-state index contributed by atoms with van der Waals surface area (Å²) in [5, 5.41) is 0.770. The molecule has 0 spiro atoms. The maximum absolute atomic E-state index is 5.88. The smallest absolute Gasteiger partial charge is 0.180 e. The maximum Gasteiger partial charge on any atom is 0.180 e. The second kappa shape index (κ2) is 3.47. The molecule has 4 aliphatic carbocycles. The summed E-state index contributed by atoms with van der Waals surface area (Å²) in [5.74, 6) is 4.81. The molecule has 2 nitrogen and oxygen atoms in total. The minimum absolute atomic E-state index is 0.770. The molecule has 0 radical (unpaired) electrons. The Labute approximate surface area is 107 Å². The lowest BCUT2D eigenvalue weighted by atomic mass is 9.51.